The minimum Gasteiger partial charge on any atom is -0.480 e. The Morgan fingerprint density at radius 2 is 2.13 bits per heavy atom. The highest BCUT2D eigenvalue weighted by molar-refractivity contribution is 5.90. The van der Waals surface area contributed by atoms with E-state index in [-0.39, 0.29) is 12.6 Å². The number of carbonyl (C=O) groups is 2. The number of carboxylic acid groups (broad SMARTS) is 1. The van der Waals surface area contributed by atoms with Gasteiger partial charge in [-0.25, -0.2) is 4.79 Å². The van der Waals surface area contributed by atoms with E-state index < -0.39 is 5.97 Å². The zero-order valence-corrected chi connectivity index (χ0v) is 13.3. The summed E-state index contributed by atoms with van der Waals surface area (Å²) in [5.41, 5.74) is 4.06. The molecule has 0 bridgehead atoms. The number of hydrogen-bond acceptors (Lipinski definition) is 3. The number of aliphatic carboxylic acids is 1. The van der Waals surface area contributed by atoms with Crippen LogP contribution in [0.5, 0.6) is 0 Å². The zero-order valence-electron chi connectivity index (χ0n) is 13.3. The minimum absolute atomic E-state index is 0.0608. The summed E-state index contributed by atoms with van der Waals surface area (Å²) in [6.07, 6.45) is 0.320. The lowest BCUT2D eigenvalue weighted by molar-refractivity contribution is -0.137. The van der Waals surface area contributed by atoms with Crippen LogP contribution in [0.2, 0.25) is 0 Å². The monoisotopic (exact) mass is 316 g/mol. The van der Waals surface area contributed by atoms with E-state index in [2.05, 4.69) is 0 Å². The number of rotatable bonds is 3. The van der Waals surface area contributed by atoms with E-state index in [9.17, 15) is 14.7 Å². The Morgan fingerprint density at radius 1 is 1.35 bits per heavy atom. The topological polar surface area (TPSA) is 71.8 Å². The van der Waals surface area contributed by atoms with Gasteiger partial charge in [0.15, 0.2) is 0 Å². The van der Waals surface area contributed by atoms with Crippen LogP contribution in [0.15, 0.2) is 18.2 Å². The standard InChI is InChI=1S/C17H20N2O4/c1-3-23-17(22)18-8-7-13-12(9-18)16-11(2)5-4-6-14(16)19(13)10-15(20)21/h4-6H,3,7-10H2,1-2H3,(H,20,21). The highest BCUT2D eigenvalue weighted by atomic mass is 16.6. The van der Waals surface area contributed by atoms with Gasteiger partial charge >= 0.3 is 12.1 Å². The second kappa shape index (κ2) is 5.95. The Kier molecular flexibility index (Phi) is 3.98. The van der Waals surface area contributed by atoms with Crippen LogP contribution < -0.4 is 0 Å². The molecular weight excluding hydrogens is 296 g/mol. The molecule has 23 heavy (non-hydrogen) atoms. The summed E-state index contributed by atoms with van der Waals surface area (Å²) in [7, 11) is 0. The fourth-order valence-corrected chi connectivity index (χ4v) is 3.38. The number of benzene rings is 1. The number of fused-ring (bicyclic) bond motifs is 3. The Morgan fingerprint density at radius 3 is 2.83 bits per heavy atom. The summed E-state index contributed by atoms with van der Waals surface area (Å²) >= 11 is 0. The van der Waals surface area contributed by atoms with Gasteiger partial charge < -0.3 is 19.3 Å². The Hall–Kier alpha value is -2.50. The molecule has 0 saturated heterocycles. The molecule has 2 heterocycles. The Bertz CT molecular complexity index is 778. The molecule has 1 aromatic carbocycles. The largest absolute Gasteiger partial charge is 0.480 e. The van der Waals surface area contributed by atoms with Crippen molar-refractivity contribution >= 4 is 23.0 Å². The summed E-state index contributed by atoms with van der Waals surface area (Å²) in [5.74, 6) is -0.862. The fourth-order valence-electron chi connectivity index (χ4n) is 3.38. The van der Waals surface area contributed by atoms with Crippen LogP contribution in [0.1, 0.15) is 23.7 Å². The molecule has 1 aromatic heterocycles. The van der Waals surface area contributed by atoms with Crippen LogP contribution in [0, 0.1) is 6.92 Å². The summed E-state index contributed by atoms with van der Waals surface area (Å²) in [6, 6.07) is 5.89. The summed E-state index contributed by atoms with van der Waals surface area (Å²) < 4.78 is 6.96. The molecule has 2 aromatic rings. The van der Waals surface area contributed by atoms with Gasteiger partial charge in [-0.15, -0.1) is 0 Å². The lowest BCUT2D eigenvalue weighted by Crippen LogP contribution is -2.36. The van der Waals surface area contributed by atoms with E-state index in [0.717, 1.165) is 27.7 Å². The minimum atomic E-state index is -0.862. The van der Waals surface area contributed by atoms with Gasteiger partial charge in [-0.05, 0) is 25.5 Å². The highest BCUT2D eigenvalue weighted by Gasteiger charge is 2.28. The van der Waals surface area contributed by atoms with Crippen molar-refractivity contribution in [1.29, 1.82) is 0 Å². The van der Waals surface area contributed by atoms with Crippen molar-refractivity contribution in [3.8, 4) is 0 Å². The van der Waals surface area contributed by atoms with Gasteiger partial charge in [0.25, 0.3) is 0 Å². The summed E-state index contributed by atoms with van der Waals surface area (Å²) in [4.78, 5) is 24.9. The lowest BCUT2D eigenvalue weighted by atomic mass is 10.0. The van der Waals surface area contributed by atoms with Gasteiger partial charge in [0.1, 0.15) is 6.54 Å². The van der Waals surface area contributed by atoms with Crippen molar-refractivity contribution in [2.45, 2.75) is 33.4 Å². The molecule has 6 nitrogen and oxygen atoms in total. The third-order valence-corrected chi connectivity index (χ3v) is 4.30. The second-order valence-corrected chi connectivity index (χ2v) is 5.74. The lowest BCUT2D eigenvalue weighted by Gasteiger charge is -2.27. The molecule has 1 aliphatic rings. The molecule has 0 unspecified atom stereocenters. The molecule has 0 fully saturated rings. The highest BCUT2D eigenvalue weighted by Crippen LogP contribution is 2.33. The van der Waals surface area contributed by atoms with Crippen molar-refractivity contribution in [3.63, 3.8) is 0 Å². The smallest absolute Gasteiger partial charge is 0.410 e. The van der Waals surface area contributed by atoms with Crippen molar-refractivity contribution < 1.29 is 19.4 Å². The molecule has 122 valence electrons. The van der Waals surface area contributed by atoms with Crippen LogP contribution in [0.4, 0.5) is 4.79 Å². The number of amides is 1. The maximum absolute atomic E-state index is 12.0. The van der Waals surface area contributed by atoms with Crippen LogP contribution in [0.3, 0.4) is 0 Å². The molecule has 0 aliphatic carbocycles. The number of nitrogens with zero attached hydrogens (tertiary/aromatic N) is 2. The van der Waals surface area contributed by atoms with E-state index in [4.69, 9.17) is 4.74 Å². The van der Waals surface area contributed by atoms with Gasteiger partial charge in [0, 0.05) is 35.1 Å². The first-order chi connectivity index (χ1) is 11.0. The van der Waals surface area contributed by atoms with Crippen LogP contribution in [-0.4, -0.2) is 39.8 Å². The van der Waals surface area contributed by atoms with E-state index in [1.165, 1.54) is 0 Å². The van der Waals surface area contributed by atoms with Gasteiger partial charge in [0.2, 0.25) is 0 Å². The van der Waals surface area contributed by atoms with Crippen LogP contribution >= 0.6 is 0 Å². The van der Waals surface area contributed by atoms with Crippen LogP contribution in [0.25, 0.3) is 10.9 Å². The number of carboxylic acids is 1. The molecule has 1 aliphatic heterocycles. The molecule has 0 spiro atoms. The van der Waals surface area contributed by atoms with E-state index in [1.54, 1.807) is 11.8 Å². The normalized spacial score (nSPS) is 13.9. The number of aryl methyl sites for hydroxylation is 1. The molecule has 0 radical (unpaired) electrons. The van der Waals surface area contributed by atoms with Crippen molar-refractivity contribution in [2.24, 2.45) is 0 Å². The Balaban J connectivity index is 2.10. The zero-order chi connectivity index (χ0) is 16.6. The maximum atomic E-state index is 12.0. The van der Waals surface area contributed by atoms with Crippen molar-refractivity contribution in [2.75, 3.05) is 13.2 Å². The quantitative estimate of drug-likeness (QED) is 0.944. The van der Waals surface area contributed by atoms with Crippen molar-refractivity contribution in [3.05, 3.63) is 35.0 Å². The number of carbonyl (C=O) groups excluding carboxylic acids is 1. The summed E-state index contributed by atoms with van der Waals surface area (Å²) in [5, 5.41) is 10.3. The van der Waals surface area contributed by atoms with E-state index >= 15 is 0 Å². The fraction of sp³-hybridized carbons (Fsp3) is 0.412. The molecule has 1 N–H and O–H groups in total. The third-order valence-electron chi connectivity index (χ3n) is 4.30. The van der Waals surface area contributed by atoms with E-state index in [1.807, 2.05) is 29.7 Å². The van der Waals surface area contributed by atoms with Gasteiger partial charge in [0.05, 0.1) is 13.2 Å². The first kappa shape index (κ1) is 15.4. The predicted octanol–water partition coefficient (Wildman–Crippen LogP) is 2.55. The SMILES string of the molecule is CCOC(=O)N1CCc2c(c3c(C)cccc3n2CC(=O)O)C1. The van der Waals surface area contributed by atoms with Gasteiger partial charge in [-0.2, -0.15) is 0 Å². The molecule has 6 heteroatoms. The third kappa shape index (κ3) is 2.65. The van der Waals surface area contributed by atoms with Gasteiger partial charge in [-0.1, -0.05) is 12.1 Å². The number of hydrogen-bond donors (Lipinski definition) is 1. The average molecular weight is 316 g/mol. The number of aromatic nitrogens is 1. The van der Waals surface area contributed by atoms with E-state index in [0.29, 0.717) is 26.1 Å². The number of ether oxygens (including phenoxy) is 1. The molecular formula is C17H20N2O4. The molecule has 1 amide bonds. The molecule has 3 rings (SSSR count). The predicted molar refractivity (Wildman–Crippen MR) is 85.4 cm³/mol. The van der Waals surface area contributed by atoms with Crippen LogP contribution in [-0.2, 0) is 29.0 Å². The summed E-state index contributed by atoms with van der Waals surface area (Å²) in [6.45, 7) is 5.09. The molecule has 0 atom stereocenters. The first-order valence-corrected chi connectivity index (χ1v) is 7.76. The van der Waals surface area contributed by atoms with Crippen molar-refractivity contribution in [1.82, 2.24) is 9.47 Å². The van der Waals surface area contributed by atoms with Gasteiger partial charge in [-0.3, -0.25) is 4.79 Å². The molecule has 0 saturated carbocycles. The second-order valence-electron chi connectivity index (χ2n) is 5.74. The average Bonchev–Trinajstić information content (AvgIpc) is 2.82. The first-order valence-electron chi connectivity index (χ1n) is 7.76. The maximum Gasteiger partial charge on any atom is 0.410 e. The Labute approximate surface area is 134 Å².